The lowest BCUT2D eigenvalue weighted by atomic mass is 9.95. The molecule has 1 atom stereocenters. The van der Waals surface area contributed by atoms with Crippen molar-refractivity contribution >= 4 is 16.6 Å². The Morgan fingerprint density at radius 2 is 1.48 bits per heavy atom. The van der Waals surface area contributed by atoms with E-state index in [1.54, 1.807) is 12.4 Å². The van der Waals surface area contributed by atoms with Gasteiger partial charge in [0.05, 0.1) is 5.69 Å². The summed E-state index contributed by atoms with van der Waals surface area (Å²) in [7, 11) is 0. The van der Waals surface area contributed by atoms with Gasteiger partial charge in [-0.25, -0.2) is 4.98 Å². The summed E-state index contributed by atoms with van der Waals surface area (Å²) < 4.78 is 0. The standard InChI is InChI=1S/C29H26N4/c30-24(19-21-7-2-1-3-8-21)20-32-28-14-13-27(29(33-28)23-15-17-31-18-16-23)26-12-6-10-22-9-4-5-11-25(22)26/h1-18,24H,19-20,30H2,(H,32,33)/t24-/m0/s1. The van der Waals surface area contributed by atoms with Crippen LogP contribution in [0.3, 0.4) is 0 Å². The van der Waals surface area contributed by atoms with E-state index in [2.05, 4.69) is 71.0 Å². The van der Waals surface area contributed by atoms with Crippen molar-refractivity contribution in [2.75, 3.05) is 11.9 Å². The van der Waals surface area contributed by atoms with Crippen LogP contribution in [0, 0.1) is 0 Å². The Morgan fingerprint density at radius 3 is 2.33 bits per heavy atom. The number of rotatable bonds is 7. The van der Waals surface area contributed by atoms with Gasteiger partial charge in [0.15, 0.2) is 0 Å². The number of benzene rings is 3. The average molecular weight is 431 g/mol. The van der Waals surface area contributed by atoms with Gasteiger partial charge >= 0.3 is 0 Å². The largest absolute Gasteiger partial charge is 0.368 e. The first-order valence-corrected chi connectivity index (χ1v) is 11.2. The highest BCUT2D eigenvalue weighted by Crippen LogP contribution is 2.35. The fraction of sp³-hybridized carbons (Fsp3) is 0.103. The maximum Gasteiger partial charge on any atom is 0.126 e. The minimum Gasteiger partial charge on any atom is -0.368 e. The number of hydrogen-bond donors (Lipinski definition) is 2. The van der Waals surface area contributed by atoms with Gasteiger partial charge in [-0.15, -0.1) is 0 Å². The molecule has 0 aliphatic carbocycles. The van der Waals surface area contributed by atoms with Gasteiger partial charge in [0, 0.05) is 36.1 Å². The van der Waals surface area contributed by atoms with Crippen molar-refractivity contribution in [3.63, 3.8) is 0 Å². The maximum atomic E-state index is 6.39. The number of anilines is 1. The molecule has 2 heterocycles. The van der Waals surface area contributed by atoms with Crippen LogP contribution in [0.4, 0.5) is 5.82 Å². The van der Waals surface area contributed by atoms with Gasteiger partial charge in [-0.2, -0.15) is 0 Å². The lowest BCUT2D eigenvalue weighted by Crippen LogP contribution is -2.31. The molecule has 0 saturated carbocycles. The summed E-state index contributed by atoms with van der Waals surface area (Å²) in [5.41, 5.74) is 11.8. The molecule has 33 heavy (non-hydrogen) atoms. The summed E-state index contributed by atoms with van der Waals surface area (Å²) in [5, 5.41) is 5.86. The van der Waals surface area contributed by atoms with Crippen molar-refractivity contribution in [1.29, 1.82) is 0 Å². The molecule has 0 saturated heterocycles. The smallest absolute Gasteiger partial charge is 0.126 e. The van der Waals surface area contributed by atoms with E-state index in [1.165, 1.54) is 21.9 Å². The first-order valence-electron chi connectivity index (χ1n) is 11.2. The summed E-state index contributed by atoms with van der Waals surface area (Å²) in [6.45, 7) is 0.644. The molecule has 0 radical (unpaired) electrons. The van der Waals surface area contributed by atoms with E-state index in [0.29, 0.717) is 6.54 Å². The second kappa shape index (κ2) is 9.63. The number of nitrogens with one attached hydrogen (secondary N) is 1. The fourth-order valence-corrected chi connectivity index (χ4v) is 4.19. The first kappa shape index (κ1) is 20.9. The molecule has 5 aromatic rings. The second-order valence-electron chi connectivity index (χ2n) is 8.19. The van der Waals surface area contributed by atoms with E-state index in [0.717, 1.165) is 29.1 Å². The molecule has 4 heteroatoms. The maximum absolute atomic E-state index is 6.39. The Morgan fingerprint density at radius 1 is 0.727 bits per heavy atom. The molecule has 5 rings (SSSR count). The Bertz CT molecular complexity index is 1350. The Kier molecular flexibility index (Phi) is 6.09. The van der Waals surface area contributed by atoms with E-state index in [-0.39, 0.29) is 6.04 Å². The zero-order valence-corrected chi connectivity index (χ0v) is 18.4. The lowest BCUT2D eigenvalue weighted by Gasteiger charge is -2.16. The van der Waals surface area contributed by atoms with Crippen LogP contribution in [-0.4, -0.2) is 22.6 Å². The number of nitrogens with two attached hydrogens (primary N) is 1. The van der Waals surface area contributed by atoms with E-state index >= 15 is 0 Å². The van der Waals surface area contributed by atoms with Crippen LogP contribution in [-0.2, 0) is 6.42 Å². The monoisotopic (exact) mass is 430 g/mol. The van der Waals surface area contributed by atoms with Gasteiger partial charge in [-0.1, -0.05) is 72.8 Å². The van der Waals surface area contributed by atoms with E-state index in [1.807, 2.05) is 36.4 Å². The molecule has 0 aliphatic heterocycles. The highest BCUT2D eigenvalue weighted by molar-refractivity contribution is 5.99. The number of pyridine rings is 2. The molecule has 0 bridgehead atoms. The first-order chi connectivity index (χ1) is 16.3. The predicted octanol–water partition coefficient (Wildman–Crippen LogP) is 5.95. The number of nitrogens with zero attached hydrogens (tertiary/aromatic N) is 2. The van der Waals surface area contributed by atoms with Crippen molar-refractivity contribution in [2.45, 2.75) is 12.5 Å². The quantitative estimate of drug-likeness (QED) is 0.335. The molecular formula is C29H26N4. The summed E-state index contributed by atoms with van der Waals surface area (Å²) >= 11 is 0. The Labute approximate surface area is 194 Å². The Balaban J connectivity index is 1.47. The summed E-state index contributed by atoms with van der Waals surface area (Å²) in [5.74, 6) is 0.814. The van der Waals surface area contributed by atoms with Crippen molar-refractivity contribution in [3.05, 3.63) is 115 Å². The van der Waals surface area contributed by atoms with Crippen LogP contribution in [0.15, 0.2) is 109 Å². The third-order valence-electron chi connectivity index (χ3n) is 5.81. The summed E-state index contributed by atoms with van der Waals surface area (Å²) in [6.07, 6.45) is 4.43. The molecular weight excluding hydrogens is 404 g/mol. The third kappa shape index (κ3) is 4.76. The van der Waals surface area contributed by atoms with Crippen molar-refractivity contribution < 1.29 is 0 Å². The summed E-state index contributed by atoms with van der Waals surface area (Å²) in [4.78, 5) is 9.20. The van der Waals surface area contributed by atoms with E-state index in [9.17, 15) is 0 Å². The summed E-state index contributed by atoms with van der Waals surface area (Å²) in [6, 6.07) is 33.4. The van der Waals surface area contributed by atoms with Gasteiger partial charge in [-0.3, -0.25) is 4.98 Å². The Hall–Kier alpha value is -4.02. The van der Waals surface area contributed by atoms with Crippen LogP contribution in [0.25, 0.3) is 33.2 Å². The van der Waals surface area contributed by atoms with Gasteiger partial charge in [0.2, 0.25) is 0 Å². The molecule has 0 spiro atoms. The normalized spacial score (nSPS) is 11.9. The zero-order chi connectivity index (χ0) is 22.5. The van der Waals surface area contributed by atoms with Crippen LogP contribution in [0.1, 0.15) is 5.56 Å². The molecule has 162 valence electrons. The molecule has 4 nitrogen and oxygen atoms in total. The van der Waals surface area contributed by atoms with Crippen LogP contribution in [0.5, 0.6) is 0 Å². The molecule has 0 fully saturated rings. The average Bonchev–Trinajstić information content (AvgIpc) is 2.88. The van der Waals surface area contributed by atoms with Crippen LogP contribution in [0.2, 0.25) is 0 Å². The third-order valence-corrected chi connectivity index (χ3v) is 5.81. The topological polar surface area (TPSA) is 63.8 Å². The van der Waals surface area contributed by atoms with Crippen molar-refractivity contribution in [3.8, 4) is 22.4 Å². The van der Waals surface area contributed by atoms with Gasteiger partial charge in [-0.05, 0) is 52.6 Å². The predicted molar refractivity (Wildman–Crippen MR) is 137 cm³/mol. The van der Waals surface area contributed by atoms with E-state index in [4.69, 9.17) is 10.7 Å². The number of fused-ring (bicyclic) bond motifs is 1. The fourth-order valence-electron chi connectivity index (χ4n) is 4.19. The molecule has 3 N–H and O–H groups in total. The highest BCUT2D eigenvalue weighted by atomic mass is 15.0. The van der Waals surface area contributed by atoms with Crippen LogP contribution >= 0.6 is 0 Å². The minimum atomic E-state index is -0.00341. The molecule has 0 amide bonds. The van der Waals surface area contributed by atoms with Crippen LogP contribution < -0.4 is 11.1 Å². The second-order valence-corrected chi connectivity index (χ2v) is 8.19. The zero-order valence-electron chi connectivity index (χ0n) is 18.4. The van der Waals surface area contributed by atoms with Crippen molar-refractivity contribution in [2.24, 2.45) is 5.73 Å². The number of hydrogen-bond acceptors (Lipinski definition) is 4. The lowest BCUT2D eigenvalue weighted by molar-refractivity contribution is 0.698. The van der Waals surface area contributed by atoms with Gasteiger partial charge < -0.3 is 11.1 Å². The van der Waals surface area contributed by atoms with Gasteiger partial charge in [0.25, 0.3) is 0 Å². The van der Waals surface area contributed by atoms with Crippen molar-refractivity contribution in [1.82, 2.24) is 9.97 Å². The molecule has 3 aromatic carbocycles. The molecule has 0 aliphatic rings. The molecule has 0 unspecified atom stereocenters. The minimum absolute atomic E-state index is 0.00341. The van der Waals surface area contributed by atoms with E-state index < -0.39 is 0 Å². The number of aromatic nitrogens is 2. The highest BCUT2D eigenvalue weighted by Gasteiger charge is 2.13. The van der Waals surface area contributed by atoms with Gasteiger partial charge in [0.1, 0.15) is 5.82 Å². The SMILES string of the molecule is N[C@H](CNc1ccc(-c2cccc3ccccc23)c(-c2ccncc2)n1)Cc1ccccc1. The molecule has 2 aromatic heterocycles.